The quantitative estimate of drug-likeness (QED) is 0.677. The van der Waals surface area contributed by atoms with Crippen LogP contribution in [0.2, 0.25) is 5.02 Å². The van der Waals surface area contributed by atoms with E-state index in [9.17, 15) is 10.1 Å². The summed E-state index contributed by atoms with van der Waals surface area (Å²) in [4.78, 5) is 12.6. The van der Waals surface area contributed by atoms with Gasteiger partial charge < -0.3 is 10.2 Å². The van der Waals surface area contributed by atoms with Gasteiger partial charge in [0, 0.05) is 24.7 Å². The Kier molecular flexibility index (Phi) is 4.04. The molecule has 1 aromatic rings. The zero-order chi connectivity index (χ0) is 13.1. The zero-order valence-electron chi connectivity index (χ0n) is 10.2. The van der Waals surface area contributed by atoms with Crippen LogP contribution in [-0.4, -0.2) is 36.0 Å². The Morgan fingerprint density at radius 2 is 2.33 bits per heavy atom. The van der Waals surface area contributed by atoms with Crippen molar-refractivity contribution in [2.24, 2.45) is 0 Å². The fourth-order valence-electron chi connectivity index (χ4n) is 2.24. The average Bonchev–Trinajstić information content (AvgIpc) is 2.31. The van der Waals surface area contributed by atoms with Crippen LogP contribution in [0.1, 0.15) is 12.8 Å². The van der Waals surface area contributed by atoms with E-state index >= 15 is 0 Å². The number of likely N-dealkylation sites (tertiary alicyclic amines) is 1. The van der Waals surface area contributed by atoms with Gasteiger partial charge in [0.15, 0.2) is 0 Å². The molecule has 1 saturated heterocycles. The predicted molar refractivity (Wildman–Crippen MR) is 72.2 cm³/mol. The van der Waals surface area contributed by atoms with Crippen LogP contribution in [0, 0.1) is 10.1 Å². The SMILES string of the molecule is CN1CCCC(Nc2cc([N+](=O)[O-])ccc2Cl)C1. The molecular formula is C12H16ClN3O2. The van der Waals surface area contributed by atoms with E-state index in [-0.39, 0.29) is 5.69 Å². The number of nitrogens with one attached hydrogen (secondary N) is 1. The van der Waals surface area contributed by atoms with E-state index in [1.807, 2.05) is 0 Å². The van der Waals surface area contributed by atoms with E-state index in [1.54, 1.807) is 6.07 Å². The third-order valence-corrected chi connectivity index (χ3v) is 3.47. The summed E-state index contributed by atoms with van der Waals surface area (Å²) in [6, 6.07) is 4.77. The summed E-state index contributed by atoms with van der Waals surface area (Å²) in [5.41, 5.74) is 0.706. The van der Waals surface area contributed by atoms with Gasteiger partial charge in [-0.2, -0.15) is 0 Å². The third kappa shape index (κ3) is 3.11. The van der Waals surface area contributed by atoms with Gasteiger partial charge in [0.05, 0.1) is 15.6 Å². The van der Waals surface area contributed by atoms with Crippen molar-refractivity contribution < 1.29 is 4.92 Å². The molecule has 0 saturated carbocycles. The highest BCUT2D eigenvalue weighted by Crippen LogP contribution is 2.28. The first-order chi connectivity index (χ1) is 8.56. The first kappa shape index (κ1) is 13.1. The van der Waals surface area contributed by atoms with Crippen LogP contribution >= 0.6 is 11.6 Å². The minimum Gasteiger partial charge on any atom is -0.380 e. The molecule has 1 atom stereocenters. The number of nitrogens with zero attached hydrogens (tertiary/aromatic N) is 2. The summed E-state index contributed by atoms with van der Waals surface area (Å²) >= 11 is 6.06. The fraction of sp³-hybridized carbons (Fsp3) is 0.500. The third-order valence-electron chi connectivity index (χ3n) is 3.14. The molecule has 1 fully saturated rings. The van der Waals surface area contributed by atoms with Gasteiger partial charge in [0.25, 0.3) is 5.69 Å². The molecule has 1 aromatic carbocycles. The Bertz CT molecular complexity index is 453. The first-order valence-corrected chi connectivity index (χ1v) is 6.33. The molecule has 0 radical (unpaired) electrons. The van der Waals surface area contributed by atoms with Crippen molar-refractivity contribution in [1.29, 1.82) is 0 Å². The summed E-state index contributed by atoms with van der Waals surface area (Å²) in [7, 11) is 2.07. The Hall–Kier alpha value is -1.33. The second-order valence-corrected chi connectivity index (χ2v) is 5.07. The highest BCUT2D eigenvalue weighted by atomic mass is 35.5. The molecule has 5 nitrogen and oxygen atoms in total. The number of hydrogen-bond acceptors (Lipinski definition) is 4. The topological polar surface area (TPSA) is 58.4 Å². The molecule has 0 amide bonds. The van der Waals surface area contributed by atoms with Crippen molar-refractivity contribution >= 4 is 23.0 Å². The smallest absolute Gasteiger partial charge is 0.271 e. The maximum atomic E-state index is 10.7. The number of likely N-dealkylation sites (N-methyl/N-ethyl adjacent to an activating group) is 1. The van der Waals surface area contributed by atoms with Crippen LogP contribution in [0.3, 0.4) is 0 Å². The molecule has 0 aromatic heterocycles. The fourth-order valence-corrected chi connectivity index (χ4v) is 2.41. The molecule has 0 aliphatic carbocycles. The predicted octanol–water partition coefficient (Wildman–Crippen LogP) is 2.75. The molecule has 1 aliphatic rings. The van der Waals surface area contributed by atoms with E-state index < -0.39 is 4.92 Å². The van der Waals surface area contributed by atoms with Gasteiger partial charge in [-0.1, -0.05) is 11.6 Å². The number of benzene rings is 1. The zero-order valence-corrected chi connectivity index (χ0v) is 11.0. The number of hydrogen-bond donors (Lipinski definition) is 1. The van der Waals surface area contributed by atoms with Crippen molar-refractivity contribution in [3.05, 3.63) is 33.3 Å². The summed E-state index contributed by atoms with van der Waals surface area (Å²) in [5.74, 6) is 0. The van der Waals surface area contributed by atoms with Crippen LogP contribution in [0.15, 0.2) is 18.2 Å². The number of nitro benzene ring substituents is 1. The number of anilines is 1. The van der Waals surface area contributed by atoms with Crippen LogP contribution in [0.4, 0.5) is 11.4 Å². The number of nitro groups is 1. The van der Waals surface area contributed by atoms with E-state index in [2.05, 4.69) is 17.3 Å². The lowest BCUT2D eigenvalue weighted by molar-refractivity contribution is -0.384. The van der Waals surface area contributed by atoms with Gasteiger partial charge in [-0.25, -0.2) is 0 Å². The minimum atomic E-state index is -0.408. The largest absolute Gasteiger partial charge is 0.380 e. The molecule has 98 valence electrons. The van der Waals surface area contributed by atoms with Gasteiger partial charge in [-0.15, -0.1) is 0 Å². The summed E-state index contributed by atoms with van der Waals surface area (Å²) < 4.78 is 0. The summed E-state index contributed by atoms with van der Waals surface area (Å²) in [5, 5.41) is 14.6. The second kappa shape index (κ2) is 5.54. The highest BCUT2D eigenvalue weighted by Gasteiger charge is 2.18. The normalized spacial score (nSPS) is 20.7. The molecule has 0 spiro atoms. The van der Waals surface area contributed by atoms with E-state index in [1.165, 1.54) is 12.1 Å². The summed E-state index contributed by atoms with van der Waals surface area (Å²) in [6.07, 6.45) is 2.18. The number of rotatable bonds is 3. The number of halogens is 1. The van der Waals surface area contributed by atoms with Crippen LogP contribution < -0.4 is 5.32 Å². The monoisotopic (exact) mass is 269 g/mol. The van der Waals surface area contributed by atoms with Gasteiger partial charge >= 0.3 is 0 Å². The molecule has 0 bridgehead atoms. The van der Waals surface area contributed by atoms with Gasteiger partial charge in [-0.05, 0) is 32.5 Å². The van der Waals surface area contributed by atoms with Crippen LogP contribution in [0.25, 0.3) is 0 Å². The van der Waals surface area contributed by atoms with E-state index in [0.29, 0.717) is 16.8 Å². The summed E-state index contributed by atoms with van der Waals surface area (Å²) in [6.45, 7) is 2.03. The molecule has 18 heavy (non-hydrogen) atoms. The van der Waals surface area contributed by atoms with Crippen molar-refractivity contribution in [2.75, 3.05) is 25.5 Å². The lowest BCUT2D eigenvalue weighted by Gasteiger charge is -2.31. The Labute approximate surface area is 111 Å². The van der Waals surface area contributed by atoms with Crippen molar-refractivity contribution in [2.45, 2.75) is 18.9 Å². The van der Waals surface area contributed by atoms with Crippen molar-refractivity contribution in [1.82, 2.24) is 4.90 Å². The molecule has 6 heteroatoms. The van der Waals surface area contributed by atoms with Gasteiger partial charge in [-0.3, -0.25) is 10.1 Å². The second-order valence-electron chi connectivity index (χ2n) is 4.67. The molecule has 1 N–H and O–H groups in total. The Morgan fingerprint density at radius 1 is 1.56 bits per heavy atom. The van der Waals surface area contributed by atoms with Crippen LogP contribution in [0.5, 0.6) is 0 Å². The van der Waals surface area contributed by atoms with Gasteiger partial charge in [0.2, 0.25) is 0 Å². The van der Waals surface area contributed by atoms with Crippen molar-refractivity contribution in [3.8, 4) is 0 Å². The standard InChI is InChI=1S/C12H16ClN3O2/c1-15-6-2-3-9(8-15)14-12-7-10(16(17)18)4-5-11(12)13/h4-5,7,9,14H,2-3,6,8H2,1H3. The average molecular weight is 270 g/mol. The lowest BCUT2D eigenvalue weighted by atomic mass is 10.1. The Balaban J connectivity index is 2.12. The molecule has 1 heterocycles. The molecule has 1 aliphatic heterocycles. The number of non-ortho nitro benzene ring substituents is 1. The lowest BCUT2D eigenvalue weighted by Crippen LogP contribution is -2.39. The van der Waals surface area contributed by atoms with Gasteiger partial charge in [0.1, 0.15) is 0 Å². The first-order valence-electron chi connectivity index (χ1n) is 5.95. The molecule has 1 unspecified atom stereocenters. The van der Waals surface area contributed by atoms with Crippen molar-refractivity contribution in [3.63, 3.8) is 0 Å². The van der Waals surface area contributed by atoms with E-state index in [4.69, 9.17) is 11.6 Å². The number of piperidine rings is 1. The van der Waals surface area contributed by atoms with Crippen LogP contribution in [-0.2, 0) is 0 Å². The highest BCUT2D eigenvalue weighted by molar-refractivity contribution is 6.33. The minimum absolute atomic E-state index is 0.0612. The molecule has 2 rings (SSSR count). The molecular weight excluding hydrogens is 254 g/mol. The van der Waals surface area contributed by atoms with E-state index in [0.717, 1.165) is 25.9 Å². The maximum absolute atomic E-state index is 10.7. The Morgan fingerprint density at radius 3 is 3.00 bits per heavy atom. The maximum Gasteiger partial charge on any atom is 0.271 e.